The third-order valence-corrected chi connectivity index (χ3v) is 5.81. The molecule has 2 heterocycles. The summed E-state index contributed by atoms with van der Waals surface area (Å²) < 4.78 is 23.2. The number of rotatable bonds is 2. The van der Waals surface area contributed by atoms with Gasteiger partial charge in [-0.25, -0.2) is 8.42 Å². The van der Waals surface area contributed by atoms with Crippen LogP contribution in [0.15, 0.2) is 29.2 Å². The Morgan fingerprint density at radius 1 is 1.33 bits per heavy atom. The molecule has 5 nitrogen and oxygen atoms in total. The Morgan fingerprint density at radius 3 is 2.76 bits per heavy atom. The molecule has 1 aromatic carbocycles. The van der Waals surface area contributed by atoms with Gasteiger partial charge >= 0.3 is 0 Å². The summed E-state index contributed by atoms with van der Waals surface area (Å²) in [5.41, 5.74) is 0.456. The van der Waals surface area contributed by atoms with Crippen LogP contribution in [-0.2, 0) is 9.84 Å². The zero-order chi connectivity index (χ0) is 15.2. The first-order valence-electron chi connectivity index (χ1n) is 7.20. The van der Waals surface area contributed by atoms with Gasteiger partial charge in [-0.3, -0.25) is 4.79 Å². The fourth-order valence-electron chi connectivity index (χ4n) is 3.46. The van der Waals surface area contributed by atoms with Crippen molar-refractivity contribution in [3.8, 4) is 0 Å². The first-order chi connectivity index (χ1) is 9.88. The van der Waals surface area contributed by atoms with Crippen LogP contribution < -0.4 is 5.32 Å². The maximum Gasteiger partial charge on any atom is 0.254 e. The normalized spacial score (nSPS) is 28.7. The van der Waals surface area contributed by atoms with Gasteiger partial charge < -0.3 is 10.2 Å². The Morgan fingerprint density at radius 2 is 2.10 bits per heavy atom. The monoisotopic (exact) mass is 308 g/mol. The molecular weight excluding hydrogens is 288 g/mol. The van der Waals surface area contributed by atoms with E-state index in [1.165, 1.54) is 12.1 Å². The number of hydrogen-bond acceptors (Lipinski definition) is 4. The molecule has 0 aromatic heterocycles. The maximum atomic E-state index is 12.7. The number of fused-ring (bicyclic) bond motifs is 1. The van der Waals surface area contributed by atoms with Crippen molar-refractivity contribution in [2.45, 2.75) is 17.9 Å². The Balaban J connectivity index is 1.86. The molecule has 1 aromatic rings. The Bertz CT molecular complexity index is 671. The minimum atomic E-state index is -3.29. The molecule has 21 heavy (non-hydrogen) atoms. The molecule has 3 unspecified atom stereocenters. The highest BCUT2D eigenvalue weighted by Gasteiger charge is 2.43. The van der Waals surface area contributed by atoms with E-state index in [2.05, 4.69) is 12.2 Å². The van der Waals surface area contributed by atoms with Crippen LogP contribution in [-0.4, -0.2) is 51.2 Å². The zero-order valence-corrected chi connectivity index (χ0v) is 13.1. The number of sulfone groups is 1. The summed E-state index contributed by atoms with van der Waals surface area (Å²) in [6.45, 7) is 4.75. The molecule has 2 saturated heterocycles. The van der Waals surface area contributed by atoms with Crippen molar-refractivity contribution in [1.82, 2.24) is 10.2 Å². The van der Waals surface area contributed by atoms with Crippen molar-refractivity contribution in [3.63, 3.8) is 0 Å². The lowest BCUT2D eigenvalue weighted by atomic mass is 9.95. The van der Waals surface area contributed by atoms with Crippen molar-refractivity contribution in [1.29, 1.82) is 0 Å². The average molecular weight is 308 g/mol. The number of carbonyl (C=O) groups excluding carboxylic acids is 1. The molecule has 0 bridgehead atoms. The van der Waals surface area contributed by atoms with E-state index in [1.54, 1.807) is 12.1 Å². The number of amides is 1. The summed E-state index contributed by atoms with van der Waals surface area (Å²) in [6.07, 6.45) is 1.16. The van der Waals surface area contributed by atoms with Gasteiger partial charge in [0, 0.05) is 37.5 Å². The molecule has 0 aliphatic carbocycles. The Labute approximate surface area is 125 Å². The highest BCUT2D eigenvalue weighted by Crippen LogP contribution is 2.33. The molecule has 2 aliphatic rings. The lowest BCUT2D eigenvalue weighted by Crippen LogP contribution is -2.38. The number of hydrogen-bond donors (Lipinski definition) is 1. The van der Waals surface area contributed by atoms with Gasteiger partial charge in [0.25, 0.3) is 5.91 Å². The molecule has 0 radical (unpaired) electrons. The van der Waals surface area contributed by atoms with E-state index in [0.29, 0.717) is 17.4 Å². The third kappa shape index (κ3) is 2.58. The van der Waals surface area contributed by atoms with Gasteiger partial charge in [0.2, 0.25) is 0 Å². The molecule has 3 rings (SSSR count). The van der Waals surface area contributed by atoms with Gasteiger partial charge in [0.15, 0.2) is 9.84 Å². The fourth-order valence-corrected chi connectivity index (χ4v) is 4.13. The highest BCUT2D eigenvalue weighted by molar-refractivity contribution is 7.90. The van der Waals surface area contributed by atoms with Crippen LogP contribution in [0.4, 0.5) is 0 Å². The van der Waals surface area contributed by atoms with Crippen molar-refractivity contribution in [3.05, 3.63) is 29.8 Å². The summed E-state index contributed by atoms with van der Waals surface area (Å²) in [6, 6.07) is 6.52. The topological polar surface area (TPSA) is 66.5 Å². The van der Waals surface area contributed by atoms with Crippen LogP contribution in [0.1, 0.15) is 17.3 Å². The zero-order valence-electron chi connectivity index (χ0n) is 12.2. The molecule has 0 saturated carbocycles. The maximum absolute atomic E-state index is 12.7. The van der Waals surface area contributed by atoms with Gasteiger partial charge in [0.1, 0.15) is 0 Å². The predicted molar refractivity (Wildman–Crippen MR) is 79.9 cm³/mol. The molecule has 1 amide bonds. The van der Waals surface area contributed by atoms with Gasteiger partial charge in [-0.2, -0.15) is 0 Å². The van der Waals surface area contributed by atoms with E-state index < -0.39 is 9.84 Å². The van der Waals surface area contributed by atoms with Crippen LogP contribution >= 0.6 is 0 Å². The van der Waals surface area contributed by atoms with E-state index in [4.69, 9.17) is 0 Å². The summed E-state index contributed by atoms with van der Waals surface area (Å²) in [5, 5.41) is 3.37. The quantitative estimate of drug-likeness (QED) is 0.876. The number of nitrogens with zero attached hydrogens (tertiary/aromatic N) is 1. The largest absolute Gasteiger partial charge is 0.335 e. The van der Waals surface area contributed by atoms with E-state index >= 15 is 0 Å². The molecule has 3 atom stereocenters. The lowest BCUT2D eigenvalue weighted by molar-refractivity contribution is 0.0728. The number of likely N-dealkylation sites (tertiary alicyclic amines) is 1. The molecule has 1 N–H and O–H groups in total. The first-order valence-corrected chi connectivity index (χ1v) is 9.09. The van der Waals surface area contributed by atoms with Crippen molar-refractivity contribution in [2.24, 2.45) is 11.8 Å². The van der Waals surface area contributed by atoms with Crippen molar-refractivity contribution in [2.75, 3.05) is 25.9 Å². The van der Waals surface area contributed by atoms with E-state index in [1.807, 2.05) is 4.90 Å². The Hall–Kier alpha value is -1.40. The number of carbonyl (C=O) groups is 1. The molecule has 2 aliphatic heterocycles. The minimum absolute atomic E-state index is 0.0672. The van der Waals surface area contributed by atoms with Crippen LogP contribution in [0.25, 0.3) is 0 Å². The minimum Gasteiger partial charge on any atom is -0.335 e. The predicted octanol–water partition coefficient (Wildman–Crippen LogP) is 0.770. The second-order valence-corrected chi connectivity index (χ2v) is 8.10. The van der Waals surface area contributed by atoms with E-state index in [0.717, 1.165) is 25.9 Å². The summed E-state index contributed by atoms with van der Waals surface area (Å²) >= 11 is 0. The summed E-state index contributed by atoms with van der Waals surface area (Å²) in [7, 11) is -3.29. The SMILES string of the molecule is CC1C2CNCC2CN1C(=O)c1cccc(S(C)(=O)=O)c1. The lowest BCUT2D eigenvalue weighted by Gasteiger charge is -2.24. The molecule has 114 valence electrons. The van der Waals surface area contributed by atoms with Gasteiger partial charge in [0.05, 0.1) is 4.90 Å². The standard InChI is InChI=1S/C15H20N2O3S/c1-10-14-8-16-7-12(14)9-17(10)15(18)11-4-3-5-13(6-11)21(2,19)20/h3-6,10,12,14,16H,7-9H2,1-2H3. The van der Waals surface area contributed by atoms with Crippen LogP contribution in [0.3, 0.4) is 0 Å². The van der Waals surface area contributed by atoms with Crippen molar-refractivity contribution >= 4 is 15.7 Å². The second-order valence-electron chi connectivity index (χ2n) is 6.08. The molecule has 0 spiro atoms. The third-order valence-electron chi connectivity index (χ3n) is 4.70. The summed E-state index contributed by atoms with van der Waals surface area (Å²) in [5.74, 6) is 0.955. The van der Waals surface area contributed by atoms with Crippen LogP contribution in [0.2, 0.25) is 0 Å². The number of nitrogens with one attached hydrogen (secondary N) is 1. The molecule has 6 heteroatoms. The Kier molecular flexibility index (Phi) is 3.53. The molecular formula is C15H20N2O3S. The highest BCUT2D eigenvalue weighted by atomic mass is 32.2. The van der Waals surface area contributed by atoms with Gasteiger partial charge in [-0.05, 0) is 37.0 Å². The van der Waals surface area contributed by atoms with E-state index in [9.17, 15) is 13.2 Å². The van der Waals surface area contributed by atoms with Gasteiger partial charge in [-0.1, -0.05) is 6.07 Å². The van der Waals surface area contributed by atoms with Crippen LogP contribution in [0.5, 0.6) is 0 Å². The summed E-state index contributed by atoms with van der Waals surface area (Å²) in [4.78, 5) is 14.8. The van der Waals surface area contributed by atoms with Crippen LogP contribution in [0, 0.1) is 11.8 Å². The second kappa shape index (κ2) is 5.10. The average Bonchev–Trinajstić information content (AvgIpc) is 3.01. The van der Waals surface area contributed by atoms with E-state index in [-0.39, 0.29) is 16.8 Å². The molecule has 2 fully saturated rings. The fraction of sp³-hybridized carbons (Fsp3) is 0.533. The first kappa shape index (κ1) is 14.5. The van der Waals surface area contributed by atoms with Crippen molar-refractivity contribution < 1.29 is 13.2 Å². The smallest absolute Gasteiger partial charge is 0.254 e. The van der Waals surface area contributed by atoms with Gasteiger partial charge in [-0.15, -0.1) is 0 Å². The number of benzene rings is 1.